The molecule has 0 aromatic carbocycles. The molecule has 0 spiro atoms. The van der Waals surface area contributed by atoms with E-state index in [0.717, 1.165) is 18.8 Å². The highest BCUT2D eigenvalue weighted by Gasteiger charge is 2.15. The van der Waals surface area contributed by atoms with Gasteiger partial charge in [-0.15, -0.1) is 11.6 Å². The van der Waals surface area contributed by atoms with Crippen LogP contribution in [0.25, 0.3) is 0 Å². The third-order valence-electron chi connectivity index (χ3n) is 2.12. The highest BCUT2D eigenvalue weighted by molar-refractivity contribution is 6.16. The zero-order chi connectivity index (χ0) is 12.1. The van der Waals surface area contributed by atoms with Crippen molar-refractivity contribution in [3.63, 3.8) is 0 Å². The number of nitrogens with zero attached hydrogens (tertiary/aromatic N) is 2. The van der Waals surface area contributed by atoms with Crippen molar-refractivity contribution in [2.24, 2.45) is 11.8 Å². The average Bonchev–Trinajstić information content (AvgIpc) is 2.63. The summed E-state index contributed by atoms with van der Waals surface area (Å²) in [5.41, 5.74) is 0.800. The molecule has 0 fully saturated rings. The van der Waals surface area contributed by atoms with E-state index in [1.807, 2.05) is 0 Å². The van der Waals surface area contributed by atoms with Crippen molar-refractivity contribution in [2.75, 3.05) is 18.0 Å². The van der Waals surface area contributed by atoms with Gasteiger partial charge in [0, 0.05) is 13.1 Å². The first-order chi connectivity index (χ1) is 7.52. The van der Waals surface area contributed by atoms with Gasteiger partial charge in [0.25, 0.3) is 6.01 Å². The molecule has 16 heavy (non-hydrogen) atoms. The topological polar surface area (TPSA) is 29.3 Å². The van der Waals surface area contributed by atoms with Gasteiger partial charge in [0.2, 0.25) is 0 Å². The number of hydrogen-bond acceptors (Lipinski definition) is 3. The second-order valence-electron chi connectivity index (χ2n) is 4.95. The lowest BCUT2D eigenvalue weighted by atomic mass is 10.1. The van der Waals surface area contributed by atoms with Crippen LogP contribution in [-0.4, -0.2) is 18.1 Å². The fraction of sp³-hybridized carbons (Fsp3) is 0.750. The molecule has 0 radical (unpaired) electrons. The van der Waals surface area contributed by atoms with Crippen molar-refractivity contribution in [3.8, 4) is 0 Å². The van der Waals surface area contributed by atoms with E-state index < -0.39 is 0 Å². The molecule has 0 saturated heterocycles. The molecule has 92 valence electrons. The van der Waals surface area contributed by atoms with Gasteiger partial charge in [0.05, 0.1) is 11.6 Å². The maximum Gasteiger partial charge on any atom is 0.297 e. The van der Waals surface area contributed by atoms with E-state index in [-0.39, 0.29) is 0 Å². The van der Waals surface area contributed by atoms with E-state index in [9.17, 15) is 0 Å². The van der Waals surface area contributed by atoms with Gasteiger partial charge in [-0.05, 0) is 11.8 Å². The van der Waals surface area contributed by atoms with E-state index >= 15 is 0 Å². The summed E-state index contributed by atoms with van der Waals surface area (Å²) in [6.45, 7) is 10.7. The van der Waals surface area contributed by atoms with Crippen molar-refractivity contribution >= 4 is 17.6 Å². The minimum Gasteiger partial charge on any atom is -0.432 e. The predicted molar refractivity (Wildman–Crippen MR) is 67.9 cm³/mol. The molecule has 0 saturated carbocycles. The Balaban J connectivity index is 2.74. The highest BCUT2D eigenvalue weighted by atomic mass is 35.5. The maximum atomic E-state index is 5.72. The molecule has 1 aromatic rings. The maximum absolute atomic E-state index is 5.72. The smallest absolute Gasteiger partial charge is 0.297 e. The lowest BCUT2D eigenvalue weighted by molar-refractivity contribution is 0.480. The lowest BCUT2D eigenvalue weighted by Gasteiger charge is -2.24. The highest BCUT2D eigenvalue weighted by Crippen LogP contribution is 2.17. The number of halogens is 1. The molecule has 0 bridgehead atoms. The van der Waals surface area contributed by atoms with Gasteiger partial charge in [-0.25, -0.2) is 0 Å². The molecule has 1 aromatic heterocycles. The molecule has 1 rings (SSSR count). The number of alkyl halides is 1. The van der Waals surface area contributed by atoms with Crippen molar-refractivity contribution in [2.45, 2.75) is 33.6 Å². The Labute approximate surface area is 103 Å². The van der Waals surface area contributed by atoms with E-state index in [0.29, 0.717) is 23.7 Å². The standard InChI is InChI=1S/C12H21ClN2O/c1-9(2)6-15(7-10(3)4)12-14-11(5-13)8-16-12/h8-10H,5-7H2,1-4H3. The summed E-state index contributed by atoms with van der Waals surface area (Å²) < 4.78 is 5.45. The van der Waals surface area contributed by atoms with Crippen LogP contribution in [0.4, 0.5) is 6.01 Å². The van der Waals surface area contributed by atoms with Crippen LogP contribution in [-0.2, 0) is 5.88 Å². The Kier molecular flexibility index (Phi) is 5.13. The Morgan fingerprint density at radius 2 is 1.81 bits per heavy atom. The summed E-state index contributed by atoms with van der Waals surface area (Å²) in [6, 6.07) is 0.693. The van der Waals surface area contributed by atoms with Crippen LogP contribution < -0.4 is 4.90 Å². The summed E-state index contributed by atoms with van der Waals surface area (Å²) >= 11 is 5.72. The zero-order valence-electron chi connectivity index (χ0n) is 10.5. The third kappa shape index (κ3) is 4.05. The summed E-state index contributed by atoms with van der Waals surface area (Å²) in [5.74, 6) is 1.58. The molecule has 0 aliphatic carbocycles. The third-order valence-corrected chi connectivity index (χ3v) is 2.39. The molecule has 0 aliphatic rings. The number of rotatable bonds is 6. The molecule has 0 unspecified atom stereocenters. The summed E-state index contributed by atoms with van der Waals surface area (Å²) in [7, 11) is 0. The van der Waals surface area contributed by atoms with Crippen molar-refractivity contribution in [3.05, 3.63) is 12.0 Å². The van der Waals surface area contributed by atoms with Gasteiger partial charge in [-0.3, -0.25) is 0 Å². The first kappa shape index (κ1) is 13.4. The van der Waals surface area contributed by atoms with Crippen LogP contribution in [0.15, 0.2) is 10.7 Å². The summed E-state index contributed by atoms with van der Waals surface area (Å²) in [5, 5.41) is 0. The van der Waals surface area contributed by atoms with Crippen molar-refractivity contribution in [1.29, 1.82) is 0 Å². The molecular formula is C12H21ClN2O. The first-order valence-electron chi connectivity index (χ1n) is 5.78. The van der Waals surface area contributed by atoms with Crippen LogP contribution in [0.1, 0.15) is 33.4 Å². The van der Waals surface area contributed by atoms with E-state index in [4.69, 9.17) is 16.0 Å². The molecule has 0 atom stereocenters. The second-order valence-corrected chi connectivity index (χ2v) is 5.21. The van der Waals surface area contributed by atoms with Crippen LogP contribution in [0.5, 0.6) is 0 Å². The summed E-state index contributed by atoms with van der Waals surface area (Å²) in [6.07, 6.45) is 1.63. The molecular weight excluding hydrogens is 224 g/mol. The van der Waals surface area contributed by atoms with Crippen LogP contribution in [0, 0.1) is 11.8 Å². The lowest BCUT2D eigenvalue weighted by Crippen LogP contribution is -2.31. The second kappa shape index (κ2) is 6.14. The Morgan fingerprint density at radius 1 is 1.25 bits per heavy atom. The largest absolute Gasteiger partial charge is 0.432 e. The minimum atomic E-state index is 0.403. The fourth-order valence-electron chi connectivity index (χ4n) is 1.62. The number of oxazole rings is 1. The molecule has 4 heteroatoms. The number of hydrogen-bond donors (Lipinski definition) is 0. The molecule has 1 heterocycles. The SMILES string of the molecule is CC(C)CN(CC(C)C)c1nc(CCl)co1. The normalized spacial score (nSPS) is 11.4. The van der Waals surface area contributed by atoms with Gasteiger partial charge in [0.1, 0.15) is 6.26 Å². The van der Waals surface area contributed by atoms with Gasteiger partial charge >= 0.3 is 0 Å². The van der Waals surface area contributed by atoms with Gasteiger partial charge < -0.3 is 9.32 Å². The Bertz CT molecular complexity index is 300. The van der Waals surface area contributed by atoms with Gasteiger partial charge in [-0.2, -0.15) is 4.98 Å². The van der Waals surface area contributed by atoms with E-state index in [2.05, 4.69) is 37.6 Å². The first-order valence-corrected chi connectivity index (χ1v) is 6.31. The monoisotopic (exact) mass is 244 g/mol. The Hall–Kier alpha value is -0.700. The zero-order valence-corrected chi connectivity index (χ0v) is 11.3. The van der Waals surface area contributed by atoms with E-state index in [1.165, 1.54) is 0 Å². The summed E-state index contributed by atoms with van der Waals surface area (Å²) in [4.78, 5) is 6.55. The molecule has 0 amide bonds. The molecule has 0 aliphatic heterocycles. The van der Waals surface area contributed by atoms with Crippen molar-refractivity contribution < 1.29 is 4.42 Å². The molecule has 3 nitrogen and oxygen atoms in total. The average molecular weight is 245 g/mol. The number of aromatic nitrogens is 1. The van der Waals surface area contributed by atoms with Gasteiger partial charge in [-0.1, -0.05) is 27.7 Å². The van der Waals surface area contributed by atoms with E-state index in [1.54, 1.807) is 6.26 Å². The minimum absolute atomic E-state index is 0.403. The van der Waals surface area contributed by atoms with Crippen LogP contribution in [0.3, 0.4) is 0 Å². The van der Waals surface area contributed by atoms with Crippen LogP contribution in [0.2, 0.25) is 0 Å². The fourth-order valence-corrected chi connectivity index (χ4v) is 1.74. The quantitative estimate of drug-likeness (QED) is 0.717. The van der Waals surface area contributed by atoms with Crippen molar-refractivity contribution in [1.82, 2.24) is 4.98 Å². The van der Waals surface area contributed by atoms with Gasteiger partial charge in [0.15, 0.2) is 0 Å². The predicted octanol–water partition coefficient (Wildman–Crippen LogP) is 3.53. The number of anilines is 1. The molecule has 0 N–H and O–H groups in total. The Morgan fingerprint density at radius 3 is 2.19 bits per heavy atom. The van der Waals surface area contributed by atoms with Crippen LogP contribution >= 0.6 is 11.6 Å².